The van der Waals surface area contributed by atoms with E-state index in [-0.39, 0.29) is 29.3 Å². The van der Waals surface area contributed by atoms with Crippen LogP contribution in [0, 0.1) is 10.8 Å². The zero-order valence-corrected chi connectivity index (χ0v) is 16.6. The van der Waals surface area contributed by atoms with Gasteiger partial charge in [0.1, 0.15) is 0 Å². The van der Waals surface area contributed by atoms with Crippen LogP contribution in [0.15, 0.2) is 28.7 Å². The number of anilines is 1. The third kappa shape index (κ3) is 4.17. The van der Waals surface area contributed by atoms with Crippen LogP contribution < -0.4 is 10.6 Å². The molecule has 5 nitrogen and oxygen atoms in total. The molecular weight excluding hydrogens is 382 g/mol. The zero-order chi connectivity index (χ0) is 18.2. The summed E-state index contributed by atoms with van der Waals surface area (Å²) in [5.74, 6) is 0.00806. The fourth-order valence-electron chi connectivity index (χ4n) is 4.74. The Kier molecular flexibility index (Phi) is 4.84. The van der Waals surface area contributed by atoms with Crippen molar-refractivity contribution in [2.75, 3.05) is 18.4 Å². The highest BCUT2D eigenvalue weighted by Gasteiger charge is 2.50. The highest BCUT2D eigenvalue weighted by molar-refractivity contribution is 9.10. The largest absolute Gasteiger partial charge is 0.338 e. The Morgan fingerprint density at radius 1 is 1.24 bits per heavy atom. The molecule has 2 aliphatic rings. The second-order valence-electron chi connectivity index (χ2n) is 8.52. The SMILES string of the molecule is CC1(C)CC2CC(C)(CN2C(=O)CNC(=O)Nc2ccccc2Br)C1. The molecule has 136 valence electrons. The van der Waals surface area contributed by atoms with Crippen LogP contribution in [0.2, 0.25) is 0 Å². The maximum atomic E-state index is 12.6. The molecule has 0 radical (unpaired) electrons. The minimum Gasteiger partial charge on any atom is -0.338 e. The summed E-state index contributed by atoms with van der Waals surface area (Å²) in [4.78, 5) is 26.7. The molecular formula is C19H26BrN3O2. The first-order valence-corrected chi connectivity index (χ1v) is 9.56. The predicted octanol–water partition coefficient (Wildman–Crippen LogP) is 4.00. The Bertz CT molecular complexity index is 691. The summed E-state index contributed by atoms with van der Waals surface area (Å²) in [7, 11) is 0. The van der Waals surface area contributed by atoms with Crippen molar-refractivity contribution < 1.29 is 9.59 Å². The molecule has 2 bridgehead atoms. The minimum atomic E-state index is -0.367. The number of carbonyl (C=O) groups is 2. The van der Waals surface area contributed by atoms with Crippen molar-refractivity contribution in [3.8, 4) is 0 Å². The van der Waals surface area contributed by atoms with Gasteiger partial charge in [-0.1, -0.05) is 32.9 Å². The molecule has 0 aromatic heterocycles. The number of carbonyl (C=O) groups excluding carboxylic acids is 2. The molecule has 2 atom stereocenters. The highest BCUT2D eigenvalue weighted by Crippen LogP contribution is 2.52. The van der Waals surface area contributed by atoms with Crippen molar-refractivity contribution >= 4 is 33.6 Å². The van der Waals surface area contributed by atoms with Gasteiger partial charge < -0.3 is 15.5 Å². The van der Waals surface area contributed by atoms with Gasteiger partial charge in [-0.05, 0) is 58.2 Å². The maximum Gasteiger partial charge on any atom is 0.319 e. The number of hydrogen-bond donors (Lipinski definition) is 2. The smallest absolute Gasteiger partial charge is 0.319 e. The first-order chi connectivity index (χ1) is 11.7. The lowest BCUT2D eigenvalue weighted by Gasteiger charge is -2.39. The van der Waals surface area contributed by atoms with Crippen molar-refractivity contribution in [2.45, 2.75) is 46.1 Å². The first-order valence-electron chi connectivity index (χ1n) is 8.76. The molecule has 2 N–H and O–H groups in total. The van der Waals surface area contributed by atoms with Gasteiger partial charge in [0.05, 0.1) is 12.2 Å². The first kappa shape index (κ1) is 18.2. The van der Waals surface area contributed by atoms with Crippen molar-refractivity contribution in [1.29, 1.82) is 0 Å². The van der Waals surface area contributed by atoms with Crippen molar-refractivity contribution in [3.63, 3.8) is 0 Å². The lowest BCUT2D eigenvalue weighted by atomic mass is 9.65. The van der Waals surface area contributed by atoms with Gasteiger partial charge >= 0.3 is 6.03 Å². The minimum absolute atomic E-state index is 0.00806. The molecule has 25 heavy (non-hydrogen) atoms. The molecule has 6 heteroatoms. The van der Waals surface area contributed by atoms with Crippen molar-refractivity contribution in [3.05, 3.63) is 28.7 Å². The summed E-state index contributed by atoms with van der Waals surface area (Å²) in [6.07, 6.45) is 3.26. The molecule has 1 heterocycles. The topological polar surface area (TPSA) is 61.4 Å². The van der Waals surface area contributed by atoms with Crippen LogP contribution in [0.5, 0.6) is 0 Å². The van der Waals surface area contributed by atoms with E-state index in [2.05, 4.69) is 47.3 Å². The molecule has 2 fully saturated rings. The standard InChI is InChI=1S/C19H26BrN3O2/c1-18(2)8-13-9-19(3,11-18)12-23(13)16(24)10-21-17(25)22-15-7-5-4-6-14(15)20/h4-7,13H,8-12H2,1-3H3,(H2,21,22,25). The lowest BCUT2D eigenvalue weighted by molar-refractivity contribution is -0.131. The fourth-order valence-corrected chi connectivity index (χ4v) is 5.12. The predicted molar refractivity (Wildman–Crippen MR) is 102 cm³/mol. The fraction of sp³-hybridized carbons (Fsp3) is 0.579. The van der Waals surface area contributed by atoms with E-state index >= 15 is 0 Å². The van der Waals surface area contributed by atoms with Gasteiger partial charge in [-0.15, -0.1) is 0 Å². The Morgan fingerprint density at radius 2 is 1.96 bits per heavy atom. The highest BCUT2D eigenvalue weighted by atomic mass is 79.9. The van der Waals surface area contributed by atoms with Crippen LogP contribution >= 0.6 is 15.9 Å². The normalized spacial score (nSPS) is 27.0. The van der Waals surface area contributed by atoms with E-state index < -0.39 is 0 Å². The number of hydrogen-bond acceptors (Lipinski definition) is 2. The van der Waals surface area contributed by atoms with E-state index in [0.29, 0.717) is 11.7 Å². The number of urea groups is 1. The van der Waals surface area contributed by atoms with Gasteiger partial charge in [0.25, 0.3) is 0 Å². The summed E-state index contributed by atoms with van der Waals surface area (Å²) < 4.78 is 0.806. The Balaban J connectivity index is 1.55. The molecule has 1 aromatic rings. The molecule has 3 amide bonds. The quantitative estimate of drug-likeness (QED) is 0.795. The number of benzene rings is 1. The van der Waals surface area contributed by atoms with Crippen LogP contribution in [-0.4, -0.2) is 36.0 Å². The average Bonchev–Trinajstić information content (AvgIpc) is 2.76. The molecule has 0 spiro atoms. The molecule has 3 rings (SSSR count). The number of nitrogens with one attached hydrogen (secondary N) is 2. The second kappa shape index (κ2) is 6.63. The van der Waals surface area contributed by atoms with E-state index in [1.807, 2.05) is 23.1 Å². The average molecular weight is 408 g/mol. The second-order valence-corrected chi connectivity index (χ2v) is 9.38. The number of fused-ring (bicyclic) bond motifs is 2. The van der Waals surface area contributed by atoms with E-state index in [1.54, 1.807) is 6.07 Å². The molecule has 1 aromatic carbocycles. The van der Waals surface area contributed by atoms with Crippen molar-refractivity contribution in [1.82, 2.24) is 10.2 Å². The Labute approximate surface area is 157 Å². The number of amides is 3. The van der Waals surface area contributed by atoms with Crippen LogP contribution in [0.4, 0.5) is 10.5 Å². The van der Waals surface area contributed by atoms with Crippen LogP contribution in [0.25, 0.3) is 0 Å². The number of rotatable bonds is 3. The van der Waals surface area contributed by atoms with E-state index in [0.717, 1.165) is 30.3 Å². The van der Waals surface area contributed by atoms with Crippen LogP contribution in [-0.2, 0) is 4.79 Å². The summed E-state index contributed by atoms with van der Waals surface area (Å²) >= 11 is 3.39. The van der Waals surface area contributed by atoms with E-state index in [9.17, 15) is 9.59 Å². The number of likely N-dealkylation sites (tertiary alicyclic amines) is 1. The van der Waals surface area contributed by atoms with Gasteiger partial charge in [0, 0.05) is 17.1 Å². The third-order valence-corrected chi connectivity index (χ3v) is 5.95. The van der Waals surface area contributed by atoms with Crippen molar-refractivity contribution in [2.24, 2.45) is 10.8 Å². The molecule has 2 unspecified atom stereocenters. The van der Waals surface area contributed by atoms with Gasteiger partial charge in [-0.25, -0.2) is 4.79 Å². The van der Waals surface area contributed by atoms with Crippen LogP contribution in [0.3, 0.4) is 0 Å². The lowest BCUT2D eigenvalue weighted by Crippen LogP contribution is -2.44. The summed E-state index contributed by atoms with van der Waals surface area (Å²) in [5.41, 5.74) is 1.16. The maximum absolute atomic E-state index is 12.6. The van der Waals surface area contributed by atoms with Gasteiger partial charge in [0.2, 0.25) is 5.91 Å². The zero-order valence-electron chi connectivity index (χ0n) is 15.1. The Hall–Kier alpha value is -1.56. The van der Waals surface area contributed by atoms with Crippen LogP contribution in [0.1, 0.15) is 40.0 Å². The third-order valence-electron chi connectivity index (χ3n) is 5.26. The van der Waals surface area contributed by atoms with E-state index in [1.165, 1.54) is 0 Å². The van der Waals surface area contributed by atoms with Gasteiger partial charge in [-0.2, -0.15) is 0 Å². The summed E-state index contributed by atoms with van der Waals surface area (Å²) in [5, 5.41) is 5.44. The molecule has 1 aliphatic heterocycles. The van der Waals surface area contributed by atoms with Gasteiger partial charge in [-0.3, -0.25) is 4.79 Å². The molecule has 1 saturated heterocycles. The number of halogens is 1. The number of para-hydroxylation sites is 1. The number of nitrogens with zero attached hydrogens (tertiary/aromatic N) is 1. The Morgan fingerprint density at radius 3 is 2.68 bits per heavy atom. The molecule has 1 aliphatic carbocycles. The van der Waals surface area contributed by atoms with Gasteiger partial charge in [0.15, 0.2) is 0 Å². The monoisotopic (exact) mass is 407 g/mol. The van der Waals surface area contributed by atoms with E-state index in [4.69, 9.17) is 0 Å². The summed E-state index contributed by atoms with van der Waals surface area (Å²) in [6.45, 7) is 7.68. The summed E-state index contributed by atoms with van der Waals surface area (Å²) in [6, 6.07) is 7.32. The molecule has 1 saturated carbocycles.